The van der Waals surface area contributed by atoms with Gasteiger partial charge >= 0.3 is 0 Å². The molecular formula is C9H12FNO2. The Kier molecular flexibility index (Phi) is 3.36. The lowest BCUT2D eigenvalue weighted by molar-refractivity contribution is 0.0731. The molecule has 3 nitrogen and oxygen atoms in total. The van der Waals surface area contributed by atoms with Crippen molar-refractivity contribution >= 4 is 0 Å². The predicted molar refractivity (Wildman–Crippen MR) is 46.4 cm³/mol. The molecule has 1 aromatic carbocycles. The lowest BCUT2D eigenvalue weighted by Gasteiger charge is -2.17. The van der Waals surface area contributed by atoms with Crippen LogP contribution in [0.15, 0.2) is 24.3 Å². The summed E-state index contributed by atoms with van der Waals surface area (Å²) in [5.41, 5.74) is 5.71. The molecule has 4 heteroatoms. The Balaban J connectivity index is 2.88. The molecule has 13 heavy (non-hydrogen) atoms. The van der Waals surface area contributed by atoms with Gasteiger partial charge in [-0.05, 0) is 6.07 Å². The molecular weight excluding hydrogens is 173 g/mol. The summed E-state index contributed by atoms with van der Waals surface area (Å²) in [6, 6.07) is 5.03. The second-order valence-electron chi connectivity index (χ2n) is 2.80. The molecule has 1 unspecified atom stereocenters. The zero-order valence-electron chi connectivity index (χ0n) is 7.02. The highest BCUT2D eigenvalue weighted by atomic mass is 19.1. The summed E-state index contributed by atoms with van der Waals surface area (Å²) < 4.78 is 13.1. The van der Waals surface area contributed by atoms with E-state index in [9.17, 15) is 4.39 Å². The predicted octanol–water partition coefficient (Wildman–Crippen LogP) is 0.179. The normalized spacial score (nSPS) is 15.4. The van der Waals surface area contributed by atoms with Crippen molar-refractivity contribution in [3.05, 3.63) is 35.6 Å². The highest BCUT2D eigenvalue weighted by Gasteiger charge is 2.18. The van der Waals surface area contributed by atoms with E-state index >= 15 is 0 Å². The van der Waals surface area contributed by atoms with Crippen LogP contribution in [0.5, 0.6) is 0 Å². The van der Waals surface area contributed by atoms with Crippen molar-refractivity contribution in [1.82, 2.24) is 0 Å². The molecule has 4 N–H and O–H groups in total. The Morgan fingerprint density at radius 2 is 2.00 bits per heavy atom. The van der Waals surface area contributed by atoms with Gasteiger partial charge in [-0.15, -0.1) is 0 Å². The SMILES string of the molecule is NC(c1ccccc1F)[C@@H](O)CO. The van der Waals surface area contributed by atoms with E-state index in [1.54, 1.807) is 6.07 Å². The minimum absolute atomic E-state index is 0.212. The largest absolute Gasteiger partial charge is 0.394 e. The van der Waals surface area contributed by atoms with Crippen molar-refractivity contribution in [2.24, 2.45) is 5.73 Å². The lowest BCUT2D eigenvalue weighted by atomic mass is 10.0. The highest BCUT2D eigenvalue weighted by Crippen LogP contribution is 2.17. The topological polar surface area (TPSA) is 66.5 Å². The van der Waals surface area contributed by atoms with Crippen LogP contribution in [-0.2, 0) is 0 Å². The molecule has 1 aromatic rings. The van der Waals surface area contributed by atoms with Crippen molar-refractivity contribution in [1.29, 1.82) is 0 Å². The van der Waals surface area contributed by atoms with Gasteiger partial charge in [-0.1, -0.05) is 18.2 Å². The van der Waals surface area contributed by atoms with Gasteiger partial charge in [-0.3, -0.25) is 0 Å². The first kappa shape index (κ1) is 10.1. The lowest BCUT2D eigenvalue weighted by Crippen LogP contribution is -2.29. The van der Waals surface area contributed by atoms with Crippen LogP contribution in [0.2, 0.25) is 0 Å². The Labute approximate surface area is 75.6 Å². The highest BCUT2D eigenvalue weighted by molar-refractivity contribution is 5.21. The fraction of sp³-hybridized carbons (Fsp3) is 0.333. The van der Waals surface area contributed by atoms with Gasteiger partial charge in [0.1, 0.15) is 5.82 Å². The van der Waals surface area contributed by atoms with Crippen LogP contribution in [0.1, 0.15) is 11.6 Å². The summed E-state index contributed by atoms with van der Waals surface area (Å²) in [6.07, 6.45) is -1.13. The van der Waals surface area contributed by atoms with Gasteiger partial charge in [0.05, 0.1) is 18.8 Å². The Hall–Kier alpha value is -0.970. The summed E-state index contributed by atoms with van der Waals surface area (Å²) in [7, 11) is 0. The van der Waals surface area contributed by atoms with E-state index in [4.69, 9.17) is 15.9 Å². The smallest absolute Gasteiger partial charge is 0.128 e. The molecule has 0 aromatic heterocycles. The fourth-order valence-corrected chi connectivity index (χ4v) is 1.07. The average molecular weight is 185 g/mol. The third kappa shape index (κ3) is 2.24. The van der Waals surface area contributed by atoms with E-state index in [2.05, 4.69) is 0 Å². The van der Waals surface area contributed by atoms with Gasteiger partial charge in [0.2, 0.25) is 0 Å². The minimum Gasteiger partial charge on any atom is -0.394 e. The summed E-state index contributed by atoms with van der Waals surface area (Å²) in [4.78, 5) is 0. The van der Waals surface area contributed by atoms with Crippen molar-refractivity contribution < 1.29 is 14.6 Å². The van der Waals surface area contributed by atoms with E-state index in [0.717, 1.165) is 0 Å². The van der Waals surface area contributed by atoms with Crippen molar-refractivity contribution in [2.75, 3.05) is 6.61 Å². The van der Waals surface area contributed by atoms with E-state index in [1.165, 1.54) is 18.2 Å². The van der Waals surface area contributed by atoms with Crippen LogP contribution in [0, 0.1) is 5.82 Å². The van der Waals surface area contributed by atoms with Gasteiger partial charge in [0.25, 0.3) is 0 Å². The third-order valence-electron chi connectivity index (χ3n) is 1.87. The Morgan fingerprint density at radius 1 is 1.38 bits per heavy atom. The number of rotatable bonds is 3. The van der Waals surface area contributed by atoms with Crippen LogP contribution in [0.25, 0.3) is 0 Å². The Morgan fingerprint density at radius 3 is 2.54 bits per heavy atom. The fourth-order valence-electron chi connectivity index (χ4n) is 1.07. The molecule has 0 saturated carbocycles. The van der Waals surface area contributed by atoms with Crippen molar-refractivity contribution in [2.45, 2.75) is 12.1 Å². The number of hydrogen-bond donors (Lipinski definition) is 3. The first-order chi connectivity index (χ1) is 6.16. The maximum atomic E-state index is 13.1. The molecule has 0 spiro atoms. The summed E-state index contributed by atoms with van der Waals surface area (Å²) >= 11 is 0. The zero-order valence-corrected chi connectivity index (χ0v) is 7.02. The third-order valence-corrected chi connectivity index (χ3v) is 1.87. The molecule has 0 aliphatic rings. The van der Waals surface area contributed by atoms with Crippen LogP contribution in [-0.4, -0.2) is 22.9 Å². The standard InChI is InChI=1S/C9H12FNO2/c10-7-4-2-1-3-6(7)9(11)8(13)5-12/h1-4,8-9,12-13H,5,11H2/t8-,9?/m0/s1. The van der Waals surface area contributed by atoms with Crippen LogP contribution < -0.4 is 5.73 Å². The second-order valence-corrected chi connectivity index (χ2v) is 2.80. The number of nitrogens with two attached hydrogens (primary N) is 1. The van der Waals surface area contributed by atoms with E-state index < -0.39 is 24.6 Å². The average Bonchev–Trinajstić information content (AvgIpc) is 2.16. The number of benzene rings is 1. The first-order valence-electron chi connectivity index (χ1n) is 3.95. The maximum absolute atomic E-state index is 13.1. The molecule has 0 saturated heterocycles. The van der Waals surface area contributed by atoms with Gasteiger partial charge in [0, 0.05) is 5.56 Å². The van der Waals surface area contributed by atoms with Crippen molar-refractivity contribution in [3.8, 4) is 0 Å². The van der Waals surface area contributed by atoms with E-state index in [1.807, 2.05) is 0 Å². The number of aliphatic hydroxyl groups is 2. The quantitative estimate of drug-likeness (QED) is 0.629. The molecule has 0 fully saturated rings. The van der Waals surface area contributed by atoms with Crippen LogP contribution in [0.3, 0.4) is 0 Å². The first-order valence-corrected chi connectivity index (χ1v) is 3.95. The van der Waals surface area contributed by atoms with Gasteiger partial charge < -0.3 is 15.9 Å². The molecule has 2 atom stereocenters. The summed E-state index contributed by atoms with van der Waals surface area (Å²) in [6.45, 7) is -0.477. The monoisotopic (exact) mass is 185 g/mol. The van der Waals surface area contributed by atoms with E-state index in [0.29, 0.717) is 0 Å². The maximum Gasteiger partial charge on any atom is 0.128 e. The van der Waals surface area contributed by atoms with Gasteiger partial charge in [0.15, 0.2) is 0 Å². The number of halogens is 1. The molecule has 0 aliphatic heterocycles. The van der Waals surface area contributed by atoms with Crippen LogP contribution >= 0.6 is 0 Å². The molecule has 72 valence electrons. The molecule has 0 amide bonds. The molecule has 0 heterocycles. The minimum atomic E-state index is -1.13. The van der Waals surface area contributed by atoms with Crippen LogP contribution in [0.4, 0.5) is 4.39 Å². The van der Waals surface area contributed by atoms with Crippen molar-refractivity contribution in [3.63, 3.8) is 0 Å². The second kappa shape index (κ2) is 4.32. The number of hydrogen-bond acceptors (Lipinski definition) is 3. The number of aliphatic hydroxyl groups excluding tert-OH is 2. The van der Waals surface area contributed by atoms with E-state index in [-0.39, 0.29) is 5.56 Å². The van der Waals surface area contributed by atoms with Gasteiger partial charge in [-0.25, -0.2) is 4.39 Å². The summed E-state index contributed by atoms with van der Waals surface area (Å²) in [5.74, 6) is -0.470. The Bertz CT molecular complexity index is 280. The summed E-state index contributed by atoms with van der Waals surface area (Å²) in [5, 5.41) is 17.8. The van der Waals surface area contributed by atoms with Gasteiger partial charge in [-0.2, -0.15) is 0 Å². The molecule has 0 bridgehead atoms. The molecule has 0 radical (unpaired) electrons. The molecule has 0 aliphatic carbocycles. The zero-order chi connectivity index (χ0) is 9.84. The molecule has 1 rings (SSSR count).